The first kappa shape index (κ1) is 41.1. The SMILES string of the molecule is CC(c1ccccc1)C1Cc2cccc(-c3nc(-c4cc(-n5c6cc7ccccc7cc6c6cc7ccccc7cc65)c5c(c4)sc4ccccc45)nc(-c4cccc5ccccc45)n3)c2-c2ccccc21. The van der Waals surface area contributed by atoms with Crippen LogP contribution in [-0.4, -0.2) is 19.5 Å². The van der Waals surface area contributed by atoms with Crippen LogP contribution in [-0.2, 0) is 6.42 Å². The van der Waals surface area contributed by atoms with Crippen LogP contribution in [0.1, 0.15) is 35.4 Å². The van der Waals surface area contributed by atoms with E-state index in [2.05, 4.69) is 236 Å². The number of benzene rings is 11. The van der Waals surface area contributed by atoms with Crippen molar-refractivity contribution in [3.63, 3.8) is 0 Å². The van der Waals surface area contributed by atoms with Crippen molar-refractivity contribution in [2.75, 3.05) is 0 Å². The lowest BCUT2D eigenvalue weighted by atomic mass is 9.71. The summed E-state index contributed by atoms with van der Waals surface area (Å²) in [6.45, 7) is 2.38. The lowest BCUT2D eigenvalue weighted by Crippen LogP contribution is -2.17. The predicted octanol–water partition coefficient (Wildman–Crippen LogP) is 17.9. The summed E-state index contributed by atoms with van der Waals surface area (Å²) in [5.41, 5.74) is 12.8. The van der Waals surface area contributed by atoms with Crippen LogP contribution in [0.3, 0.4) is 0 Å². The second-order valence-electron chi connectivity index (χ2n) is 19.5. The van der Waals surface area contributed by atoms with Crippen LogP contribution < -0.4 is 0 Å². The molecule has 1 aliphatic rings. The topological polar surface area (TPSA) is 43.6 Å². The van der Waals surface area contributed by atoms with Gasteiger partial charge in [-0.25, -0.2) is 15.0 Å². The Labute approximate surface area is 420 Å². The van der Waals surface area contributed by atoms with Gasteiger partial charge in [0.1, 0.15) is 0 Å². The average molecular weight is 937 g/mol. The highest BCUT2D eigenvalue weighted by atomic mass is 32.1. The smallest absolute Gasteiger partial charge is 0.164 e. The van der Waals surface area contributed by atoms with E-state index >= 15 is 0 Å². The van der Waals surface area contributed by atoms with Gasteiger partial charge in [0, 0.05) is 47.6 Å². The number of rotatable bonds is 6. The van der Waals surface area contributed by atoms with Crippen molar-refractivity contribution in [1.82, 2.24) is 19.5 Å². The van der Waals surface area contributed by atoms with Gasteiger partial charge in [-0.15, -0.1) is 11.3 Å². The molecular formula is C67H44N4S. The van der Waals surface area contributed by atoms with Crippen molar-refractivity contribution in [2.24, 2.45) is 0 Å². The Morgan fingerprint density at radius 2 is 1.00 bits per heavy atom. The highest BCUT2D eigenvalue weighted by Gasteiger charge is 2.32. The fraction of sp³-hybridized carbons (Fsp3) is 0.0597. The minimum Gasteiger partial charge on any atom is -0.308 e. The van der Waals surface area contributed by atoms with Crippen molar-refractivity contribution in [2.45, 2.75) is 25.2 Å². The number of nitrogens with zero attached hydrogens (tertiary/aromatic N) is 4. The van der Waals surface area contributed by atoms with E-state index < -0.39 is 0 Å². The van der Waals surface area contributed by atoms with Gasteiger partial charge in [0.05, 0.1) is 16.7 Å². The van der Waals surface area contributed by atoms with Gasteiger partial charge in [0.15, 0.2) is 17.5 Å². The second kappa shape index (κ2) is 16.1. The van der Waals surface area contributed by atoms with Crippen molar-refractivity contribution in [3.05, 3.63) is 241 Å². The molecule has 2 unspecified atom stereocenters. The number of thiophene rings is 1. The highest BCUT2D eigenvalue weighted by Crippen LogP contribution is 2.50. The molecule has 0 amide bonds. The van der Waals surface area contributed by atoms with Gasteiger partial charge in [-0.05, 0) is 121 Å². The summed E-state index contributed by atoms with van der Waals surface area (Å²) in [5, 5.41) is 12.0. The van der Waals surface area contributed by atoms with Gasteiger partial charge in [-0.2, -0.15) is 0 Å². The molecule has 0 saturated carbocycles. The van der Waals surface area contributed by atoms with Crippen molar-refractivity contribution in [3.8, 4) is 51.0 Å². The van der Waals surface area contributed by atoms with Crippen molar-refractivity contribution < 1.29 is 0 Å². The van der Waals surface area contributed by atoms with Crippen LogP contribution in [0.2, 0.25) is 0 Å². The third-order valence-corrected chi connectivity index (χ3v) is 16.6. The minimum absolute atomic E-state index is 0.315. The molecule has 11 aromatic carbocycles. The molecule has 2 atom stereocenters. The van der Waals surface area contributed by atoms with Gasteiger partial charge < -0.3 is 4.57 Å². The fourth-order valence-electron chi connectivity index (χ4n) is 12.1. The van der Waals surface area contributed by atoms with E-state index in [1.807, 2.05) is 11.3 Å². The normalized spacial score (nSPS) is 13.9. The van der Waals surface area contributed by atoms with Crippen LogP contribution in [0.4, 0.5) is 0 Å². The quantitative estimate of drug-likeness (QED) is 0.167. The molecule has 3 heterocycles. The zero-order valence-corrected chi connectivity index (χ0v) is 40.2. The van der Waals surface area contributed by atoms with E-state index in [9.17, 15) is 0 Å². The molecule has 4 nitrogen and oxygen atoms in total. The Balaban J connectivity index is 1.01. The van der Waals surface area contributed by atoms with Crippen molar-refractivity contribution >= 4 is 85.6 Å². The maximum absolute atomic E-state index is 5.63. The van der Waals surface area contributed by atoms with Crippen LogP contribution in [0.15, 0.2) is 224 Å². The van der Waals surface area contributed by atoms with Gasteiger partial charge in [0.2, 0.25) is 0 Å². The van der Waals surface area contributed by atoms with E-state index in [1.165, 1.54) is 80.3 Å². The van der Waals surface area contributed by atoms with E-state index in [0.29, 0.717) is 29.3 Å². The molecule has 72 heavy (non-hydrogen) atoms. The zero-order chi connectivity index (χ0) is 47.4. The molecule has 0 saturated heterocycles. The second-order valence-corrected chi connectivity index (χ2v) is 20.6. The predicted molar refractivity (Wildman–Crippen MR) is 303 cm³/mol. The summed E-state index contributed by atoms with van der Waals surface area (Å²) in [7, 11) is 0. The first-order valence-electron chi connectivity index (χ1n) is 24.9. The number of fused-ring (bicyclic) bond motifs is 12. The number of aromatic nitrogens is 4. The molecule has 0 N–H and O–H groups in total. The van der Waals surface area contributed by atoms with Crippen LogP contribution in [0, 0.1) is 0 Å². The maximum atomic E-state index is 5.63. The third-order valence-electron chi connectivity index (χ3n) is 15.5. The minimum atomic E-state index is 0.315. The molecule has 0 aliphatic heterocycles. The highest BCUT2D eigenvalue weighted by molar-refractivity contribution is 7.26. The number of hydrogen-bond donors (Lipinski definition) is 0. The molecule has 15 rings (SSSR count). The lowest BCUT2D eigenvalue weighted by Gasteiger charge is -2.33. The Morgan fingerprint density at radius 3 is 1.75 bits per heavy atom. The first-order chi connectivity index (χ1) is 35.6. The van der Waals surface area contributed by atoms with E-state index in [-0.39, 0.29) is 0 Å². The Hall–Kier alpha value is -8.77. The standard InChI is InChI=1S/C67H44N4S/c1-40(41-17-3-2-4-18-41)55-35-47-25-16-31-54(63(47)51-28-12-11-27-50(51)55)67-69-65(68-66(70-67)52-30-15-24-42-19-9-10-26-49(42)52)48-38-60(64-53-29-13-14-32-61(53)72-62(64)39-48)71-58-36-45-22-7-5-20-43(45)33-56(58)57-34-44-21-6-8-23-46(44)37-59(57)71/h2-34,36-40,55H,35H2,1H3. The van der Waals surface area contributed by atoms with E-state index in [1.54, 1.807) is 0 Å². The Kier molecular flexibility index (Phi) is 9.20. The summed E-state index contributed by atoms with van der Waals surface area (Å²) in [6, 6.07) is 82.2. The van der Waals surface area contributed by atoms with Crippen LogP contribution >= 0.6 is 11.3 Å². The monoisotopic (exact) mass is 936 g/mol. The van der Waals surface area contributed by atoms with Gasteiger partial charge in [-0.1, -0.05) is 189 Å². The lowest BCUT2D eigenvalue weighted by molar-refractivity contribution is 0.568. The Morgan fingerprint density at radius 1 is 0.444 bits per heavy atom. The molecule has 0 fully saturated rings. The molecular weight excluding hydrogens is 893 g/mol. The average Bonchev–Trinajstić information content (AvgIpc) is 3.97. The van der Waals surface area contributed by atoms with E-state index in [0.717, 1.165) is 50.6 Å². The fourth-order valence-corrected chi connectivity index (χ4v) is 13.2. The van der Waals surface area contributed by atoms with E-state index in [4.69, 9.17) is 15.0 Å². The summed E-state index contributed by atoms with van der Waals surface area (Å²) in [5.74, 6) is 2.59. The largest absolute Gasteiger partial charge is 0.308 e. The third kappa shape index (κ3) is 6.40. The summed E-state index contributed by atoms with van der Waals surface area (Å²) >= 11 is 1.83. The maximum Gasteiger partial charge on any atom is 0.164 e. The van der Waals surface area contributed by atoms with Gasteiger partial charge in [0.25, 0.3) is 0 Å². The molecule has 338 valence electrons. The van der Waals surface area contributed by atoms with Gasteiger partial charge >= 0.3 is 0 Å². The molecule has 0 spiro atoms. The van der Waals surface area contributed by atoms with Crippen LogP contribution in [0.5, 0.6) is 0 Å². The zero-order valence-electron chi connectivity index (χ0n) is 39.4. The number of hydrogen-bond acceptors (Lipinski definition) is 4. The molecule has 0 bridgehead atoms. The summed E-state index contributed by atoms with van der Waals surface area (Å²) in [6.07, 6.45) is 0.916. The first-order valence-corrected chi connectivity index (χ1v) is 25.7. The van der Waals surface area contributed by atoms with Crippen LogP contribution in [0.25, 0.3) is 125 Å². The summed E-state index contributed by atoms with van der Waals surface area (Å²) < 4.78 is 4.93. The molecule has 0 radical (unpaired) electrons. The molecule has 1 aliphatic carbocycles. The molecule has 14 aromatic rings. The van der Waals surface area contributed by atoms with Gasteiger partial charge in [-0.3, -0.25) is 0 Å². The molecule has 3 aromatic heterocycles. The Bertz CT molecular complexity index is 4430. The summed E-state index contributed by atoms with van der Waals surface area (Å²) in [4.78, 5) is 16.7. The van der Waals surface area contributed by atoms with Crippen molar-refractivity contribution in [1.29, 1.82) is 0 Å². The molecule has 5 heteroatoms.